The van der Waals surface area contributed by atoms with Crippen LogP contribution < -0.4 is 10.9 Å². The molecule has 0 saturated carbocycles. The van der Waals surface area contributed by atoms with Gasteiger partial charge in [0.2, 0.25) is 5.91 Å². The number of amides is 1. The lowest BCUT2D eigenvalue weighted by molar-refractivity contribution is -0.113. The quantitative estimate of drug-likeness (QED) is 0.360. The largest absolute Gasteiger partial charge is 0.325 e. The number of fused-ring (bicyclic) bond motifs is 1. The Labute approximate surface area is 181 Å². The van der Waals surface area contributed by atoms with Gasteiger partial charge < -0.3 is 5.32 Å². The highest BCUT2D eigenvalue weighted by Crippen LogP contribution is 2.24. The van der Waals surface area contributed by atoms with E-state index in [1.54, 1.807) is 12.1 Å². The number of carbonyl (C=O) groups excluding carboxylic acids is 1. The second-order valence-corrected chi connectivity index (χ2v) is 8.15. The fourth-order valence-electron chi connectivity index (χ4n) is 2.88. The molecule has 2 N–H and O–H groups in total. The highest BCUT2D eigenvalue weighted by Gasteiger charge is 2.16. The monoisotopic (exact) mass is 439 g/mol. The SMILES string of the molecule is Cc1ccc(NC(=O)CSc2nc3[nH]ncc3c(=O)n2-c2ccc(C)c(Cl)c2)cc1. The van der Waals surface area contributed by atoms with Gasteiger partial charge in [0.25, 0.3) is 5.56 Å². The minimum atomic E-state index is -0.282. The fraction of sp³-hybridized carbons (Fsp3) is 0.143. The first-order valence-corrected chi connectivity index (χ1v) is 10.5. The molecule has 30 heavy (non-hydrogen) atoms. The van der Waals surface area contributed by atoms with E-state index in [-0.39, 0.29) is 17.2 Å². The number of rotatable bonds is 5. The first-order chi connectivity index (χ1) is 14.4. The second-order valence-electron chi connectivity index (χ2n) is 6.80. The summed E-state index contributed by atoms with van der Waals surface area (Å²) in [4.78, 5) is 30.0. The number of aromatic amines is 1. The summed E-state index contributed by atoms with van der Waals surface area (Å²) in [6.45, 7) is 3.87. The first-order valence-electron chi connectivity index (χ1n) is 9.14. The zero-order chi connectivity index (χ0) is 21.3. The molecule has 0 aliphatic carbocycles. The zero-order valence-corrected chi connectivity index (χ0v) is 17.8. The summed E-state index contributed by atoms with van der Waals surface area (Å²) in [6, 6.07) is 12.9. The van der Waals surface area contributed by atoms with Crippen molar-refractivity contribution >= 4 is 46.0 Å². The molecule has 0 unspecified atom stereocenters. The molecular formula is C21H18ClN5O2S. The molecule has 2 aromatic carbocycles. The van der Waals surface area contributed by atoms with Crippen molar-refractivity contribution in [2.75, 3.05) is 11.1 Å². The topological polar surface area (TPSA) is 92.7 Å². The number of hydrogen-bond acceptors (Lipinski definition) is 5. The molecule has 4 rings (SSSR count). The van der Waals surface area contributed by atoms with Gasteiger partial charge in [-0.15, -0.1) is 0 Å². The van der Waals surface area contributed by atoms with E-state index in [1.807, 2.05) is 44.2 Å². The van der Waals surface area contributed by atoms with Crippen molar-refractivity contribution in [1.82, 2.24) is 19.7 Å². The molecule has 152 valence electrons. The van der Waals surface area contributed by atoms with Crippen LogP contribution in [0.4, 0.5) is 5.69 Å². The molecule has 0 spiro atoms. The fourth-order valence-corrected chi connectivity index (χ4v) is 3.86. The maximum Gasteiger partial charge on any atom is 0.269 e. The number of nitrogens with zero attached hydrogens (tertiary/aromatic N) is 3. The normalized spacial score (nSPS) is 11.0. The van der Waals surface area contributed by atoms with E-state index in [0.29, 0.717) is 32.6 Å². The highest BCUT2D eigenvalue weighted by atomic mass is 35.5. The molecule has 0 radical (unpaired) electrons. The van der Waals surface area contributed by atoms with E-state index < -0.39 is 0 Å². The summed E-state index contributed by atoms with van der Waals surface area (Å²) in [5.74, 6) is -0.115. The molecule has 2 heterocycles. The van der Waals surface area contributed by atoms with Gasteiger partial charge in [-0.1, -0.05) is 47.1 Å². The van der Waals surface area contributed by atoms with E-state index in [2.05, 4.69) is 20.5 Å². The lowest BCUT2D eigenvalue weighted by Crippen LogP contribution is -2.22. The Kier molecular flexibility index (Phi) is 5.61. The molecule has 2 aromatic heterocycles. The van der Waals surface area contributed by atoms with Crippen LogP contribution in [0.2, 0.25) is 5.02 Å². The van der Waals surface area contributed by atoms with Gasteiger partial charge in [-0.25, -0.2) is 4.98 Å². The Hall–Kier alpha value is -3.10. The number of nitrogens with one attached hydrogen (secondary N) is 2. The molecular weight excluding hydrogens is 422 g/mol. The van der Waals surface area contributed by atoms with Gasteiger partial charge in [-0.05, 0) is 43.7 Å². The van der Waals surface area contributed by atoms with Crippen molar-refractivity contribution in [3.63, 3.8) is 0 Å². The number of hydrogen-bond donors (Lipinski definition) is 2. The van der Waals surface area contributed by atoms with Crippen LogP contribution in [0.3, 0.4) is 0 Å². The molecule has 0 bridgehead atoms. The lowest BCUT2D eigenvalue weighted by atomic mass is 10.2. The minimum absolute atomic E-state index is 0.0829. The van der Waals surface area contributed by atoms with Crippen LogP contribution in [-0.2, 0) is 4.79 Å². The van der Waals surface area contributed by atoms with Gasteiger partial charge >= 0.3 is 0 Å². The standard InChI is InChI=1S/C21H18ClN5O2S/c1-12-3-6-14(7-4-12)24-18(28)11-30-21-25-19-16(10-23-26-19)20(29)27(21)15-8-5-13(2)17(22)9-15/h3-10H,11H2,1-2H3,(H,23,26)(H,24,28). The van der Waals surface area contributed by atoms with Crippen LogP contribution in [-0.4, -0.2) is 31.4 Å². The van der Waals surface area contributed by atoms with Gasteiger partial charge in [0.05, 0.1) is 17.6 Å². The Morgan fingerprint density at radius 2 is 1.97 bits per heavy atom. The van der Waals surface area contributed by atoms with E-state index in [4.69, 9.17) is 11.6 Å². The molecule has 1 amide bonds. The molecule has 7 nitrogen and oxygen atoms in total. The van der Waals surface area contributed by atoms with Crippen LogP contribution in [0, 0.1) is 13.8 Å². The summed E-state index contributed by atoms with van der Waals surface area (Å²) in [5, 5.41) is 10.8. The van der Waals surface area contributed by atoms with E-state index >= 15 is 0 Å². The van der Waals surface area contributed by atoms with E-state index in [1.165, 1.54) is 10.8 Å². The third-order valence-corrected chi connectivity index (χ3v) is 5.88. The van der Waals surface area contributed by atoms with Crippen LogP contribution in [0.5, 0.6) is 0 Å². The Balaban J connectivity index is 1.65. The van der Waals surface area contributed by atoms with Crippen molar-refractivity contribution in [2.45, 2.75) is 19.0 Å². The number of H-pyrrole nitrogens is 1. The Morgan fingerprint density at radius 3 is 2.70 bits per heavy atom. The highest BCUT2D eigenvalue weighted by molar-refractivity contribution is 7.99. The average Bonchev–Trinajstić information content (AvgIpc) is 3.19. The number of benzene rings is 2. The number of anilines is 1. The number of carbonyl (C=O) groups is 1. The van der Waals surface area contributed by atoms with Gasteiger partial charge in [-0.3, -0.25) is 19.3 Å². The maximum absolute atomic E-state index is 13.1. The van der Waals surface area contributed by atoms with Gasteiger partial charge in [0.1, 0.15) is 5.39 Å². The van der Waals surface area contributed by atoms with E-state index in [9.17, 15) is 9.59 Å². The van der Waals surface area contributed by atoms with Gasteiger partial charge in [0.15, 0.2) is 10.8 Å². The van der Waals surface area contributed by atoms with Crippen LogP contribution >= 0.6 is 23.4 Å². The molecule has 0 atom stereocenters. The average molecular weight is 440 g/mol. The Morgan fingerprint density at radius 1 is 1.20 bits per heavy atom. The predicted octanol–water partition coefficient (Wildman–Crippen LogP) is 4.11. The van der Waals surface area contributed by atoms with Gasteiger partial charge in [-0.2, -0.15) is 5.10 Å². The van der Waals surface area contributed by atoms with Crippen molar-refractivity contribution in [2.24, 2.45) is 0 Å². The summed E-state index contributed by atoms with van der Waals surface area (Å²) < 4.78 is 1.45. The summed E-state index contributed by atoms with van der Waals surface area (Å²) >= 11 is 7.43. The van der Waals surface area contributed by atoms with Crippen molar-refractivity contribution in [3.8, 4) is 5.69 Å². The predicted molar refractivity (Wildman–Crippen MR) is 120 cm³/mol. The minimum Gasteiger partial charge on any atom is -0.325 e. The van der Waals surface area contributed by atoms with Crippen LogP contribution in [0.15, 0.2) is 58.6 Å². The smallest absolute Gasteiger partial charge is 0.269 e. The lowest BCUT2D eigenvalue weighted by Gasteiger charge is -2.13. The molecule has 0 fully saturated rings. The van der Waals surface area contributed by atoms with Crippen molar-refractivity contribution in [1.29, 1.82) is 0 Å². The number of aryl methyl sites for hydroxylation is 2. The van der Waals surface area contributed by atoms with Crippen LogP contribution in [0.1, 0.15) is 11.1 Å². The van der Waals surface area contributed by atoms with E-state index in [0.717, 1.165) is 22.9 Å². The number of thioether (sulfide) groups is 1. The van der Waals surface area contributed by atoms with Gasteiger partial charge in [0, 0.05) is 10.7 Å². The summed E-state index contributed by atoms with van der Waals surface area (Å²) in [7, 11) is 0. The summed E-state index contributed by atoms with van der Waals surface area (Å²) in [5.41, 5.74) is 3.39. The molecule has 0 aliphatic heterocycles. The number of aromatic nitrogens is 4. The molecule has 0 aliphatic rings. The zero-order valence-electron chi connectivity index (χ0n) is 16.3. The van der Waals surface area contributed by atoms with Crippen LogP contribution in [0.25, 0.3) is 16.7 Å². The first kappa shape index (κ1) is 20.2. The number of halogens is 1. The Bertz CT molecular complexity index is 1300. The molecule has 9 heteroatoms. The maximum atomic E-state index is 13.1. The summed E-state index contributed by atoms with van der Waals surface area (Å²) in [6.07, 6.45) is 1.44. The third kappa shape index (κ3) is 4.10. The van der Waals surface area contributed by atoms with Crippen molar-refractivity contribution < 1.29 is 4.79 Å². The second kappa shape index (κ2) is 8.33. The molecule has 0 saturated heterocycles. The van der Waals surface area contributed by atoms with Crippen molar-refractivity contribution in [3.05, 3.63) is 75.2 Å². The molecule has 4 aromatic rings. The third-order valence-electron chi connectivity index (χ3n) is 4.53.